The van der Waals surface area contributed by atoms with Crippen LogP contribution in [0.1, 0.15) is 25.7 Å². The molecule has 1 aromatic carbocycles. The van der Waals surface area contributed by atoms with Crippen LogP contribution in [0.4, 0.5) is 10.1 Å². The molecule has 0 unspecified atom stereocenters. The highest BCUT2D eigenvalue weighted by atomic mass is 127. The van der Waals surface area contributed by atoms with E-state index in [0.29, 0.717) is 23.0 Å². The van der Waals surface area contributed by atoms with E-state index >= 15 is 0 Å². The number of hydrogen-bond donors (Lipinski definition) is 3. The first-order chi connectivity index (χ1) is 12.2. The minimum Gasteiger partial charge on any atom is -0.337 e. The minimum absolute atomic E-state index is 0.0993. The molecule has 2 rings (SSSR count). The highest BCUT2D eigenvalue weighted by Crippen LogP contribution is 2.30. The number of nitrogens with one attached hydrogen (secondary N) is 2. The van der Waals surface area contributed by atoms with E-state index < -0.39 is 10.2 Å². The highest BCUT2D eigenvalue weighted by Gasteiger charge is 2.29. The number of hydrogen-bond acceptors (Lipinski definition) is 4. The van der Waals surface area contributed by atoms with E-state index in [1.807, 2.05) is 0 Å². The van der Waals surface area contributed by atoms with Crippen molar-refractivity contribution in [2.24, 2.45) is 20.2 Å². The number of halogens is 3. The Balaban J connectivity index is 1.92. The van der Waals surface area contributed by atoms with Crippen molar-refractivity contribution >= 4 is 66.3 Å². The molecule has 1 aliphatic carbocycles. The van der Waals surface area contributed by atoms with Crippen LogP contribution in [0.3, 0.4) is 0 Å². The molecule has 0 aromatic heterocycles. The molecule has 0 amide bonds. The summed E-state index contributed by atoms with van der Waals surface area (Å²) in [5.41, 5.74) is 0.563. The number of rotatable bonds is 6. The number of amidine groups is 1. The van der Waals surface area contributed by atoms with E-state index in [9.17, 15) is 17.6 Å². The molecule has 0 aliphatic heterocycles. The molecule has 1 saturated carbocycles. The molecular formula is C15H19BrFIN4O3S. The zero-order valence-corrected chi connectivity index (χ0v) is 18.3. The Morgan fingerprint density at radius 1 is 1.35 bits per heavy atom. The maximum atomic E-state index is 13.3. The molecule has 1 aliphatic rings. The van der Waals surface area contributed by atoms with E-state index in [0.717, 1.165) is 12.8 Å². The van der Waals surface area contributed by atoms with Crippen LogP contribution in [-0.4, -0.2) is 26.6 Å². The van der Waals surface area contributed by atoms with Crippen molar-refractivity contribution in [2.75, 3.05) is 11.9 Å². The molecule has 0 heterocycles. The average molecular weight is 561 g/mol. The number of nitrogens with zero attached hydrogens (tertiary/aromatic N) is 1. The minimum atomic E-state index is -3.69. The Morgan fingerprint density at radius 3 is 2.54 bits per heavy atom. The van der Waals surface area contributed by atoms with Gasteiger partial charge in [0.2, 0.25) is 5.78 Å². The van der Waals surface area contributed by atoms with Gasteiger partial charge in [-0.2, -0.15) is 11.6 Å². The van der Waals surface area contributed by atoms with Gasteiger partial charge in [-0.1, -0.05) is 0 Å². The molecule has 4 N–H and O–H groups in total. The summed E-state index contributed by atoms with van der Waals surface area (Å²) in [6.45, 7) is 0.287. The number of carbonyl (C=O) groups excluding carboxylic acids is 1. The molecule has 7 nitrogen and oxygen atoms in total. The van der Waals surface area contributed by atoms with Crippen LogP contribution >= 0.6 is 38.8 Å². The lowest BCUT2D eigenvalue weighted by Gasteiger charge is -2.27. The molecule has 0 bridgehead atoms. The molecule has 0 atom stereocenters. The molecule has 144 valence electrons. The average Bonchev–Trinajstić information content (AvgIpc) is 2.60. The molecule has 1 aromatic rings. The first kappa shape index (κ1) is 21.7. The first-order valence-corrected chi connectivity index (χ1v) is 11.2. The standard InChI is InChI=1S/C15H19BrFIN4O3S/c16-12-7-11(5-6-13(12)17)21-15(22-18)14(23)10-3-1-9(2-4-10)8-20-26(19,24)25/h5-7,9-10,20H,1-4,8H2,(H,21,22)(H2,19,24,25)/t9-,10-. The Hall–Kier alpha value is -0.630. The van der Waals surface area contributed by atoms with Crippen molar-refractivity contribution in [2.45, 2.75) is 25.7 Å². The number of anilines is 1. The van der Waals surface area contributed by atoms with Crippen LogP contribution in [0, 0.1) is 17.7 Å². The van der Waals surface area contributed by atoms with Crippen molar-refractivity contribution in [3.8, 4) is 0 Å². The molecule has 0 saturated heterocycles. The van der Waals surface area contributed by atoms with E-state index in [1.54, 1.807) is 28.9 Å². The second-order valence-corrected chi connectivity index (χ2v) is 8.88. The van der Waals surface area contributed by atoms with Gasteiger partial charge in [0.05, 0.1) is 27.3 Å². The SMILES string of the molecule is NS(=O)(=O)NC[C@H]1CC[C@H](C(=O)/C(=N/I)Nc2ccc(F)c(Br)c2)CC1. The second-order valence-electron chi connectivity index (χ2n) is 6.16. The molecule has 11 heteroatoms. The lowest BCUT2D eigenvalue weighted by Crippen LogP contribution is -2.37. The van der Waals surface area contributed by atoms with Crippen LogP contribution < -0.4 is 15.2 Å². The maximum absolute atomic E-state index is 13.3. The van der Waals surface area contributed by atoms with Gasteiger partial charge in [-0.3, -0.25) is 4.79 Å². The van der Waals surface area contributed by atoms with E-state index in [2.05, 4.69) is 29.2 Å². The predicted octanol–water partition coefficient (Wildman–Crippen LogP) is 2.92. The monoisotopic (exact) mass is 560 g/mol. The summed E-state index contributed by atoms with van der Waals surface area (Å²) in [5, 5.41) is 7.87. The van der Waals surface area contributed by atoms with E-state index in [1.165, 1.54) is 12.1 Å². The number of carbonyl (C=O) groups is 1. The van der Waals surface area contributed by atoms with Gasteiger partial charge < -0.3 is 5.32 Å². The van der Waals surface area contributed by atoms with Gasteiger partial charge in [-0.25, -0.2) is 14.3 Å². The summed E-state index contributed by atoms with van der Waals surface area (Å²) in [6.07, 6.45) is 2.77. The van der Waals surface area contributed by atoms with Gasteiger partial charge in [0.25, 0.3) is 10.2 Å². The summed E-state index contributed by atoms with van der Waals surface area (Å²) in [7, 11) is -3.69. The van der Waals surface area contributed by atoms with Crippen molar-refractivity contribution in [1.82, 2.24) is 4.72 Å². The van der Waals surface area contributed by atoms with Crippen LogP contribution in [0.5, 0.6) is 0 Å². The Kier molecular flexibility index (Phi) is 7.94. The molecule has 0 radical (unpaired) electrons. The number of nitrogens with two attached hydrogens (primary N) is 1. The van der Waals surface area contributed by atoms with Crippen LogP contribution in [0.15, 0.2) is 25.9 Å². The second kappa shape index (κ2) is 9.53. The van der Waals surface area contributed by atoms with Crippen molar-refractivity contribution in [3.05, 3.63) is 28.5 Å². The predicted molar refractivity (Wildman–Crippen MR) is 111 cm³/mol. The fraction of sp³-hybridized carbons (Fsp3) is 0.467. The van der Waals surface area contributed by atoms with Gasteiger partial charge in [0.1, 0.15) is 5.82 Å². The van der Waals surface area contributed by atoms with Crippen LogP contribution in [-0.2, 0) is 15.0 Å². The Morgan fingerprint density at radius 2 is 2.00 bits per heavy atom. The third-order valence-corrected chi connectivity index (χ3v) is 5.95. The Labute approximate surface area is 174 Å². The lowest BCUT2D eigenvalue weighted by molar-refractivity contribution is -0.117. The van der Waals surface area contributed by atoms with Gasteiger partial charge in [-0.05, 0) is 65.7 Å². The fourth-order valence-electron chi connectivity index (χ4n) is 2.89. The zero-order valence-electron chi connectivity index (χ0n) is 13.7. The molecule has 1 fully saturated rings. The smallest absolute Gasteiger partial charge is 0.274 e. The molecule has 0 spiro atoms. The van der Waals surface area contributed by atoms with Gasteiger partial charge >= 0.3 is 0 Å². The van der Waals surface area contributed by atoms with Gasteiger partial charge in [-0.15, -0.1) is 0 Å². The maximum Gasteiger partial charge on any atom is 0.274 e. The topological polar surface area (TPSA) is 114 Å². The number of benzene rings is 1. The summed E-state index contributed by atoms with van der Waals surface area (Å²) < 4.78 is 41.8. The van der Waals surface area contributed by atoms with E-state index in [-0.39, 0.29) is 35.8 Å². The number of Topliss-reactive ketones (excluding diaryl/α,β-unsaturated/α-hetero) is 1. The summed E-state index contributed by atoms with van der Waals surface area (Å²) in [6, 6.07) is 4.37. The summed E-state index contributed by atoms with van der Waals surface area (Å²) >= 11 is 4.86. The van der Waals surface area contributed by atoms with Gasteiger partial charge in [0, 0.05) is 18.2 Å². The summed E-state index contributed by atoms with van der Waals surface area (Å²) in [5.74, 6) is -0.279. The number of ketones is 1. The van der Waals surface area contributed by atoms with E-state index in [4.69, 9.17) is 5.14 Å². The Bertz CT molecular complexity index is 798. The van der Waals surface area contributed by atoms with Crippen molar-refractivity contribution in [3.63, 3.8) is 0 Å². The fourth-order valence-corrected chi connectivity index (χ4v) is 4.10. The first-order valence-electron chi connectivity index (χ1n) is 7.92. The van der Waals surface area contributed by atoms with Crippen molar-refractivity contribution in [1.29, 1.82) is 0 Å². The quantitative estimate of drug-likeness (QED) is 0.282. The lowest BCUT2D eigenvalue weighted by atomic mass is 9.80. The van der Waals surface area contributed by atoms with Gasteiger partial charge in [0.15, 0.2) is 5.84 Å². The largest absolute Gasteiger partial charge is 0.337 e. The zero-order chi connectivity index (χ0) is 19.3. The normalized spacial score (nSPS) is 21.5. The third kappa shape index (κ3) is 6.51. The third-order valence-electron chi connectivity index (χ3n) is 4.29. The van der Waals surface area contributed by atoms with Crippen molar-refractivity contribution < 1.29 is 17.6 Å². The molecule has 26 heavy (non-hydrogen) atoms. The molecular weight excluding hydrogens is 542 g/mol. The van der Waals surface area contributed by atoms with Crippen LogP contribution in [0.2, 0.25) is 0 Å². The van der Waals surface area contributed by atoms with Crippen LogP contribution in [0.25, 0.3) is 0 Å². The summed E-state index contributed by atoms with van der Waals surface area (Å²) in [4.78, 5) is 12.7. The highest BCUT2D eigenvalue weighted by molar-refractivity contribution is 14.1.